The monoisotopic (exact) mass is 308 g/mol. The van der Waals surface area contributed by atoms with Crippen molar-refractivity contribution in [2.24, 2.45) is 11.8 Å². The van der Waals surface area contributed by atoms with Crippen LogP contribution in [-0.4, -0.2) is 36.3 Å². The maximum absolute atomic E-state index is 12.3. The first kappa shape index (κ1) is 17.3. The molecule has 2 amide bonds. The summed E-state index contributed by atoms with van der Waals surface area (Å²) in [6.45, 7) is 4.34. The molecule has 1 aliphatic heterocycles. The molecule has 1 heterocycles. The van der Waals surface area contributed by atoms with Gasteiger partial charge in [0.1, 0.15) is 0 Å². The molecule has 0 bridgehead atoms. The van der Waals surface area contributed by atoms with Crippen molar-refractivity contribution in [3.8, 4) is 0 Å². The first-order chi connectivity index (χ1) is 10.7. The molecule has 1 N–H and O–H groups in total. The largest absolute Gasteiger partial charge is 0.356 e. The van der Waals surface area contributed by atoms with E-state index in [4.69, 9.17) is 0 Å². The zero-order chi connectivity index (χ0) is 15.8. The Balaban J connectivity index is 1.65. The number of carbonyl (C=O) groups excluding carboxylic acids is 2. The lowest BCUT2D eigenvalue weighted by molar-refractivity contribution is -0.135. The minimum absolute atomic E-state index is 0.106. The first-order valence-corrected chi connectivity index (χ1v) is 9.26. The van der Waals surface area contributed by atoms with Crippen LogP contribution in [0.4, 0.5) is 0 Å². The van der Waals surface area contributed by atoms with E-state index in [1.165, 1.54) is 32.1 Å². The molecule has 1 aliphatic carbocycles. The van der Waals surface area contributed by atoms with Gasteiger partial charge in [-0.25, -0.2) is 0 Å². The quantitative estimate of drug-likeness (QED) is 0.819. The van der Waals surface area contributed by atoms with Crippen molar-refractivity contribution in [1.82, 2.24) is 10.2 Å². The molecule has 0 radical (unpaired) electrons. The number of carbonyl (C=O) groups is 2. The van der Waals surface area contributed by atoms with Gasteiger partial charge in [0.2, 0.25) is 11.8 Å². The third kappa shape index (κ3) is 5.29. The van der Waals surface area contributed by atoms with E-state index in [2.05, 4.69) is 12.2 Å². The molecule has 1 saturated carbocycles. The van der Waals surface area contributed by atoms with Crippen LogP contribution in [0.2, 0.25) is 0 Å². The lowest BCUT2D eigenvalue weighted by atomic mass is 9.86. The number of nitrogens with one attached hydrogen (secondary N) is 1. The molecule has 1 saturated heterocycles. The van der Waals surface area contributed by atoms with Gasteiger partial charge in [-0.1, -0.05) is 39.0 Å². The molecule has 0 atom stereocenters. The summed E-state index contributed by atoms with van der Waals surface area (Å²) in [5.74, 6) is 1.36. The number of hydrogen-bond donors (Lipinski definition) is 1. The number of hydrogen-bond acceptors (Lipinski definition) is 2. The van der Waals surface area contributed by atoms with Gasteiger partial charge in [-0.05, 0) is 31.6 Å². The molecule has 0 aromatic rings. The molecule has 2 aliphatic rings. The second-order valence-electron chi connectivity index (χ2n) is 6.99. The van der Waals surface area contributed by atoms with Gasteiger partial charge < -0.3 is 10.2 Å². The van der Waals surface area contributed by atoms with E-state index in [0.717, 1.165) is 51.2 Å². The predicted octanol–water partition coefficient (Wildman–Crippen LogP) is 3.11. The van der Waals surface area contributed by atoms with Crippen molar-refractivity contribution in [1.29, 1.82) is 0 Å². The van der Waals surface area contributed by atoms with E-state index < -0.39 is 0 Å². The highest BCUT2D eigenvalue weighted by molar-refractivity contribution is 5.80. The van der Waals surface area contributed by atoms with Crippen LogP contribution in [0.3, 0.4) is 0 Å². The maximum atomic E-state index is 12.3. The lowest BCUT2D eigenvalue weighted by Crippen LogP contribution is -2.43. The Labute approximate surface area is 135 Å². The van der Waals surface area contributed by atoms with Crippen LogP contribution in [0.25, 0.3) is 0 Å². The highest BCUT2D eigenvalue weighted by atomic mass is 16.2. The van der Waals surface area contributed by atoms with Gasteiger partial charge >= 0.3 is 0 Å². The van der Waals surface area contributed by atoms with Crippen molar-refractivity contribution in [2.45, 2.75) is 71.1 Å². The molecule has 2 rings (SSSR count). The van der Waals surface area contributed by atoms with E-state index in [-0.39, 0.29) is 11.8 Å². The Bertz CT molecular complexity index is 356. The van der Waals surface area contributed by atoms with Gasteiger partial charge in [0.25, 0.3) is 0 Å². The van der Waals surface area contributed by atoms with Crippen molar-refractivity contribution in [3.63, 3.8) is 0 Å². The summed E-state index contributed by atoms with van der Waals surface area (Å²) < 4.78 is 0. The minimum atomic E-state index is 0.106. The van der Waals surface area contributed by atoms with Gasteiger partial charge in [-0.15, -0.1) is 0 Å². The normalized spacial score (nSPS) is 20.9. The second kappa shape index (κ2) is 9.16. The summed E-state index contributed by atoms with van der Waals surface area (Å²) in [6.07, 6.45) is 11.1. The Hall–Kier alpha value is -1.06. The number of amides is 2. The van der Waals surface area contributed by atoms with Gasteiger partial charge in [0.05, 0.1) is 0 Å². The van der Waals surface area contributed by atoms with E-state index in [0.29, 0.717) is 12.3 Å². The topological polar surface area (TPSA) is 49.4 Å². The van der Waals surface area contributed by atoms with Crippen LogP contribution in [0.1, 0.15) is 71.1 Å². The molecule has 0 aromatic heterocycles. The Morgan fingerprint density at radius 3 is 2.36 bits per heavy atom. The third-order valence-electron chi connectivity index (χ3n) is 5.26. The summed E-state index contributed by atoms with van der Waals surface area (Å²) in [5.41, 5.74) is 0. The van der Waals surface area contributed by atoms with Crippen LogP contribution in [0.5, 0.6) is 0 Å². The van der Waals surface area contributed by atoms with Crippen molar-refractivity contribution >= 4 is 11.8 Å². The van der Waals surface area contributed by atoms with E-state index >= 15 is 0 Å². The zero-order valence-corrected chi connectivity index (χ0v) is 14.1. The van der Waals surface area contributed by atoms with Crippen LogP contribution in [0.15, 0.2) is 0 Å². The highest BCUT2D eigenvalue weighted by Gasteiger charge is 2.27. The molecular weight excluding hydrogens is 276 g/mol. The average molecular weight is 308 g/mol. The van der Waals surface area contributed by atoms with E-state index in [1.54, 1.807) is 0 Å². The standard InChI is InChI=1S/C18H32N2O2/c1-2-12-19-18(22)16-10-13-20(14-11-16)17(21)9-8-15-6-4-3-5-7-15/h15-16H,2-14H2,1H3,(H,19,22). The Kier molecular flexibility index (Phi) is 7.20. The molecule has 4 heteroatoms. The number of piperidine rings is 1. The smallest absolute Gasteiger partial charge is 0.223 e. The molecule has 2 fully saturated rings. The molecule has 0 aromatic carbocycles. The molecule has 22 heavy (non-hydrogen) atoms. The molecule has 126 valence electrons. The minimum Gasteiger partial charge on any atom is -0.356 e. The van der Waals surface area contributed by atoms with Crippen molar-refractivity contribution in [2.75, 3.05) is 19.6 Å². The summed E-state index contributed by atoms with van der Waals surface area (Å²) in [6, 6.07) is 0. The van der Waals surface area contributed by atoms with Crippen LogP contribution in [0, 0.1) is 11.8 Å². The predicted molar refractivity (Wildman–Crippen MR) is 88.4 cm³/mol. The van der Waals surface area contributed by atoms with Gasteiger partial charge in [-0.2, -0.15) is 0 Å². The average Bonchev–Trinajstić information content (AvgIpc) is 2.58. The van der Waals surface area contributed by atoms with Gasteiger partial charge in [-0.3, -0.25) is 9.59 Å². The number of likely N-dealkylation sites (tertiary alicyclic amines) is 1. The molecule has 0 spiro atoms. The van der Waals surface area contributed by atoms with Gasteiger partial charge in [0.15, 0.2) is 0 Å². The Morgan fingerprint density at radius 1 is 1.05 bits per heavy atom. The first-order valence-electron chi connectivity index (χ1n) is 9.26. The fourth-order valence-corrected chi connectivity index (χ4v) is 3.75. The van der Waals surface area contributed by atoms with Crippen LogP contribution in [-0.2, 0) is 9.59 Å². The fraction of sp³-hybridized carbons (Fsp3) is 0.889. The van der Waals surface area contributed by atoms with E-state index in [9.17, 15) is 9.59 Å². The number of nitrogens with zero attached hydrogens (tertiary/aromatic N) is 1. The SMILES string of the molecule is CCCNC(=O)C1CCN(C(=O)CCC2CCCCC2)CC1. The highest BCUT2D eigenvalue weighted by Crippen LogP contribution is 2.28. The molecular formula is C18H32N2O2. The second-order valence-corrected chi connectivity index (χ2v) is 6.99. The zero-order valence-electron chi connectivity index (χ0n) is 14.1. The van der Waals surface area contributed by atoms with Crippen molar-refractivity contribution < 1.29 is 9.59 Å². The van der Waals surface area contributed by atoms with Crippen LogP contribution < -0.4 is 5.32 Å². The lowest BCUT2D eigenvalue weighted by Gasteiger charge is -2.32. The molecule has 0 unspecified atom stereocenters. The summed E-state index contributed by atoms with van der Waals surface area (Å²) >= 11 is 0. The van der Waals surface area contributed by atoms with Gasteiger partial charge in [0, 0.05) is 32.0 Å². The summed E-state index contributed by atoms with van der Waals surface area (Å²) in [7, 11) is 0. The Morgan fingerprint density at radius 2 is 1.73 bits per heavy atom. The summed E-state index contributed by atoms with van der Waals surface area (Å²) in [4.78, 5) is 26.2. The van der Waals surface area contributed by atoms with Crippen LogP contribution >= 0.6 is 0 Å². The molecule has 4 nitrogen and oxygen atoms in total. The summed E-state index contributed by atoms with van der Waals surface area (Å²) in [5, 5.41) is 2.97. The van der Waals surface area contributed by atoms with Crippen molar-refractivity contribution in [3.05, 3.63) is 0 Å². The number of rotatable bonds is 6. The third-order valence-corrected chi connectivity index (χ3v) is 5.26. The fourth-order valence-electron chi connectivity index (χ4n) is 3.75. The van der Waals surface area contributed by atoms with E-state index in [1.807, 2.05) is 4.90 Å². The maximum Gasteiger partial charge on any atom is 0.223 e.